The first-order valence-electron chi connectivity index (χ1n) is 9.06. The van der Waals surface area contributed by atoms with E-state index in [2.05, 4.69) is 15.6 Å². The summed E-state index contributed by atoms with van der Waals surface area (Å²) >= 11 is 0. The molecule has 1 heterocycles. The van der Waals surface area contributed by atoms with E-state index in [0.717, 1.165) is 5.56 Å². The van der Waals surface area contributed by atoms with E-state index in [1.807, 2.05) is 0 Å². The third-order valence-corrected chi connectivity index (χ3v) is 5.65. The number of nitrogens with zero attached hydrogens (tertiary/aromatic N) is 2. The van der Waals surface area contributed by atoms with Crippen molar-refractivity contribution in [2.24, 2.45) is 10.1 Å². The molecule has 7 nitrogen and oxygen atoms in total. The van der Waals surface area contributed by atoms with Crippen molar-refractivity contribution < 1.29 is 17.2 Å². The minimum Gasteiger partial charge on any atom is -0.365 e. The van der Waals surface area contributed by atoms with Crippen LogP contribution in [0.5, 0.6) is 0 Å². The number of rotatable bonds is 5. The first kappa shape index (κ1) is 21.0. The number of primary sulfonamides is 1. The molecule has 1 aliphatic heterocycles. The highest BCUT2D eigenvalue weighted by Gasteiger charge is 2.27. The summed E-state index contributed by atoms with van der Waals surface area (Å²) in [5.41, 5.74) is 0.844. The molecule has 0 amide bonds. The Balaban J connectivity index is 1.56. The normalized spacial score (nSPS) is 17.4. The van der Waals surface area contributed by atoms with E-state index in [1.54, 1.807) is 24.1 Å². The highest BCUT2D eigenvalue weighted by molar-refractivity contribution is 7.89. The minimum atomic E-state index is -3.72. The molecule has 156 valence electrons. The van der Waals surface area contributed by atoms with Crippen LogP contribution in [0.3, 0.4) is 0 Å². The molecule has 0 spiro atoms. The van der Waals surface area contributed by atoms with Gasteiger partial charge in [0.05, 0.1) is 4.90 Å². The highest BCUT2D eigenvalue weighted by Crippen LogP contribution is 2.26. The van der Waals surface area contributed by atoms with Crippen LogP contribution in [-0.2, 0) is 16.6 Å². The number of hydrogen-bond acceptors (Lipinski definition) is 4. The quantitative estimate of drug-likeness (QED) is 0.501. The van der Waals surface area contributed by atoms with Crippen molar-refractivity contribution in [1.29, 1.82) is 0 Å². The Morgan fingerprint density at radius 3 is 2.45 bits per heavy atom. The standard InChI is InChI=1S/C19H23F2N5O2S/c1-23-19(24-11-13-5-7-15(8-6-13)29(22,27)28)25-14-9-10-26(12-14)18-16(20)3-2-4-17(18)21/h2-8,14H,9-12H2,1H3,(H2,22,27,28)(H2,23,24,25). The molecule has 10 heteroatoms. The van der Waals surface area contributed by atoms with Gasteiger partial charge in [0, 0.05) is 32.7 Å². The average molecular weight is 423 g/mol. The number of nitrogens with one attached hydrogen (secondary N) is 2. The molecule has 0 aromatic heterocycles. The molecule has 1 saturated heterocycles. The van der Waals surface area contributed by atoms with Crippen molar-refractivity contribution >= 4 is 21.7 Å². The Kier molecular flexibility index (Phi) is 6.33. The van der Waals surface area contributed by atoms with Crippen LogP contribution in [0, 0.1) is 11.6 Å². The van der Waals surface area contributed by atoms with Crippen LogP contribution in [0.2, 0.25) is 0 Å². The lowest BCUT2D eigenvalue weighted by molar-refractivity contribution is 0.575. The van der Waals surface area contributed by atoms with Gasteiger partial charge >= 0.3 is 0 Å². The zero-order chi connectivity index (χ0) is 21.0. The molecule has 0 aliphatic carbocycles. The Hall–Kier alpha value is -2.72. The number of benzene rings is 2. The molecule has 0 bridgehead atoms. The second-order valence-electron chi connectivity index (χ2n) is 6.76. The van der Waals surface area contributed by atoms with Crippen molar-refractivity contribution in [3.63, 3.8) is 0 Å². The van der Waals surface area contributed by atoms with Crippen LogP contribution in [0.15, 0.2) is 52.4 Å². The predicted molar refractivity (Wildman–Crippen MR) is 108 cm³/mol. The molecular weight excluding hydrogens is 400 g/mol. The summed E-state index contributed by atoms with van der Waals surface area (Å²) in [5.74, 6) is -0.603. The fourth-order valence-electron chi connectivity index (χ4n) is 3.24. The van der Waals surface area contributed by atoms with Gasteiger partial charge in [-0.15, -0.1) is 0 Å². The summed E-state index contributed by atoms with van der Waals surface area (Å²) in [4.78, 5) is 5.90. The van der Waals surface area contributed by atoms with Crippen molar-refractivity contribution in [2.75, 3.05) is 25.0 Å². The maximum Gasteiger partial charge on any atom is 0.238 e. The SMILES string of the molecule is CN=C(NCc1ccc(S(N)(=O)=O)cc1)NC1CCN(c2c(F)cccc2F)C1. The Labute approximate surface area is 168 Å². The molecule has 29 heavy (non-hydrogen) atoms. The lowest BCUT2D eigenvalue weighted by Gasteiger charge is -2.21. The van der Waals surface area contributed by atoms with Gasteiger partial charge < -0.3 is 15.5 Å². The fourth-order valence-corrected chi connectivity index (χ4v) is 3.76. The number of halogens is 2. The zero-order valence-electron chi connectivity index (χ0n) is 15.9. The third kappa shape index (κ3) is 5.21. The number of aliphatic imine (C=N–C) groups is 1. The first-order chi connectivity index (χ1) is 13.8. The lowest BCUT2D eigenvalue weighted by Crippen LogP contribution is -2.44. The predicted octanol–water partition coefficient (Wildman–Crippen LogP) is 1.56. The third-order valence-electron chi connectivity index (χ3n) is 4.72. The molecular formula is C19H23F2N5O2S. The van der Waals surface area contributed by atoms with E-state index in [0.29, 0.717) is 32.0 Å². The van der Waals surface area contributed by atoms with E-state index in [9.17, 15) is 17.2 Å². The first-order valence-corrected chi connectivity index (χ1v) is 10.6. The number of para-hydroxylation sites is 1. The molecule has 1 atom stereocenters. The second kappa shape index (κ2) is 8.75. The van der Waals surface area contributed by atoms with Gasteiger partial charge in [0.1, 0.15) is 17.3 Å². The van der Waals surface area contributed by atoms with Crippen LogP contribution in [0.4, 0.5) is 14.5 Å². The number of nitrogens with two attached hydrogens (primary N) is 1. The summed E-state index contributed by atoms with van der Waals surface area (Å²) in [6, 6.07) is 10.0. The topological polar surface area (TPSA) is 99.8 Å². The second-order valence-corrected chi connectivity index (χ2v) is 8.32. The maximum atomic E-state index is 14.0. The Bertz CT molecular complexity index is 976. The Morgan fingerprint density at radius 1 is 1.21 bits per heavy atom. The molecule has 1 unspecified atom stereocenters. The van der Waals surface area contributed by atoms with Crippen molar-refractivity contribution in [3.05, 3.63) is 59.7 Å². The van der Waals surface area contributed by atoms with E-state index < -0.39 is 21.7 Å². The van der Waals surface area contributed by atoms with Crippen molar-refractivity contribution in [1.82, 2.24) is 10.6 Å². The van der Waals surface area contributed by atoms with Crippen LogP contribution >= 0.6 is 0 Å². The molecule has 1 aliphatic rings. The number of sulfonamides is 1. The molecule has 2 aromatic rings. The van der Waals surface area contributed by atoms with Crippen LogP contribution in [0.25, 0.3) is 0 Å². The summed E-state index contributed by atoms with van der Waals surface area (Å²) < 4.78 is 50.6. The van der Waals surface area contributed by atoms with E-state index in [4.69, 9.17) is 5.14 Å². The summed E-state index contributed by atoms with van der Waals surface area (Å²) in [5, 5.41) is 11.5. The molecule has 4 N–H and O–H groups in total. The summed E-state index contributed by atoms with van der Waals surface area (Å²) in [7, 11) is -2.09. The van der Waals surface area contributed by atoms with Gasteiger partial charge in [-0.1, -0.05) is 18.2 Å². The molecule has 0 radical (unpaired) electrons. The Morgan fingerprint density at radius 2 is 1.86 bits per heavy atom. The van der Waals surface area contributed by atoms with Gasteiger partial charge in [-0.3, -0.25) is 4.99 Å². The molecule has 3 rings (SSSR count). The maximum absolute atomic E-state index is 14.0. The van der Waals surface area contributed by atoms with Crippen LogP contribution < -0.4 is 20.7 Å². The molecule has 2 aromatic carbocycles. The van der Waals surface area contributed by atoms with Gasteiger partial charge in [-0.05, 0) is 36.2 Å². The largest absolute Gasteiger partial charge is 0.365 e. The minimum absolute atomic E-state index is 0.00491. The van der Waals surface area contributed by atoms with Gasteiger partial charge in [0.2, 0.25) is 10.0 Å². The molecule has 1 fully saturated rings. The van der Waals surface area contributed by atoms with Crippen LogP contribution in [0.1, 0.15) is 12.0 Å². The van der Waals surface area contributed by atoms with Gasteiger partial charge in [0.25, 0.3) is 0 Å². The fraction of sp³-hybridized carbons (Fsp3) is 0.316. The van der Waals surface area contributed by atoms with Crippen LogP contribution in [-0.4, -0.2) is 40.6 Å². The van der Waals surface area contributed by atoms with Crippen molar-refractivity contribution in [3.8, 4) is 0 Å². The summed E-state index contributed by atoms with van der Waals surface area (Å²) in [6.07, 6.45) is 0.706. The smallest absolute Gasteiger partial charge is 0.238 e. The highest BCUT2D eigenvalue weighted by atomic mass is 32.2. The lowest BCUT2D eigenvalue weighted by atomic mass is 10.2. The van der Waals surface area contributed by atoms with Gasteiger partial charge in [0.15, 0.2) is 5.96 Å². The number of guanidine groups is 1. The van der Waals surface area contributed by atoms with Gasteiger partial charge in [-0.2, -0.15) is 0 Å². The summed E-state index contributed by atoms with van der Waals surface area (Å²) in [6.45, 7) is 1.39. The number of anilines is 1. The van der Waals surface area contributed by atoms with Crippen molar-refractivity contribution in [2.45, 2.75) is 23.9 Å². The number of hydrogen-bond donors (Lipinski definition) is 3. The van der Waals surface area contributed by atoms with Gasteiger partial charge in [-0.25, -0.2) is 22.3 Å². The van der Waals surface area contributed by atoms with E-state index in [1.165, 1.54) is 30.3 Å². The van der Waals surface area contributed by atoms with E-state index >= 15 is 0 Å². The average Bonchev–Trinajstić information content (AvgIpc) is 3.12. The monoisotopic (exact) mass is 423 g/mol. The van der Waals surface area contributed by atoms with E-state index in [-0.39, 0.29) is 16.6 Å². The zero-order valence-corrected chi connectivity index (χ0v) is 16.7. The molecule has 0 saturated carbocycles.